The van der Waals surface area contributed by atoms with Gasteiger partial charge in [-0.2, -0.15) is 0 Å². The lowest BCUT2D eigenvalue weighted by molar-refractivity contribution is 0.0976. The number of amides is 1. The molecule has 0 spiro atoms. The van der Waals surface area contributed by atoms with Crippen LogP contribution in [0.5, 0.6) is 0 Å². The quantitative estimate of drug-likeness (QED) is 0.433. The van der Waals surface area contributed by atoms with E-state index >= 15 is 0 Å². The highest BCUT2D eigenvalue weighted by Gasteiger charge is 2.30. The van der Waals surface area contributed by atoms with E-state index in [-0.39, 0.29) is 12.0 Å². The van der Waals surface area contributed by atoms with Gasteiger partial charge in [-0.3, -0.25) is 4.79 Å². The Labute approximate surface area is 199 Å². The van der Waals surface area contributed by atoms with Gasteiger partial charge in [-0.25, -0.2) is 4.79 Å². The number of piperazine rings is 1. The Kier molecular flexibility index (Phi) is 5.85. The number of hydrogen-bond acceptors (Lipinski definition) is 5. The molecule has 1 heterocycles. The Morgan fingerprint density at radius 1 is 1.00 bits per heavy atom. The van der Waals surface area contributed by atoms with Crippen LogP contribution in [0.25, 0.3) is 11.1 Å². The van der Waals surface area contributed by atoms with E-state index in [9.17, 15) is 9.59 Å². The predicted octanol–water partition coefficient (Wildman–Crippen LogP) is 5.17. The van der Waals surface area contributed by atoms with Gasteiger partial charge in [0.25, 0.3) is 0 Å². The molecule has 5 rings (SSSR count). The Morgan fingerprint density at radius 2 is 1.61 bits per heavy atom. The third-order valence-corrected chi connectivity index (χ3v) is 7.19. The number of hydrogen-bond donors (Lipinski definition) is 1. The lowest BCUT2D eigenvalue weighted by atomic mass is 9.98. The minimum absolute atomic E-state index is 0.0604. The van der Waals surface area contributed by atoms with Crippen LogP contribution in [0.4, 0.5) is 10.5 Å². The zero-order valence-electron chi connectivity index (χ0n) is 18.5. The molecule has 0 saturated carbocycles. The molecule has 1 aliphatic heterocycles. The number of anilines is 1. The van der Waals surface area contributed by atoms with Gasteiger partial charge in [0.1, 0.15) is 12.9 Å². The van der Waals surface area contributed by atoms with E-state index in [0.717, 1.165) is 22.4 Å². The van der Waals surface area contributed by atoms with Crippen LogP contribution in [0.1, 0.15) is 33.0 Å². The predicted molar refractivity (Wildman–Crippen MR) is 133 cm³/mol. The first-order valence-electron chi connectivity index (χ1n) is 11.2. The van der Waals surface area contributed by atoms with Crippen LogP contribution < -0.4 is 4.90 Å². The van der Waals surface area contributed by atoms with E-state index in [1.807, 2.05) is 37.3 Å². The summed E-state index contributed by atoms with van der Waals surface area (Å²) in [5, 5.41) is 0. The number of carbonyl (C=O) groups is 2. The van der Waals surface area contributed by atoms with Crippen molar-refractivity contribution in [2.24, 2.45) is 0 Å². The molecule has 1 saturated heterocycles. The summed E-state index contributed by atoms with van der Waals surface area (Å²) in [5.74, 6) is 0.0604. The van der Waals surface area contributed by atoms with Crippen LogP contribution in [-0.2, 0) is 4.74 Å². The molecule has 5 nitrogen and oxygen atoms in total. The number of ether oxygens (including phenoxy) is 1. The normalized spacial score (nSPS) is 15.2. The molecule has 1 fully saturated rings. The molecule has 3 aromatic carbocycles. The van der Waals surface area contributed by atoms with E-state index in [4.69, 9.17) is 4.74 Å². The fourth-order valence-corrected chi connectivity index (χ4v) is 5.18. The lowest BCUT2D eigenvalue weighted by Gasteiger charge is -2.36. The SMILES string of the molecule is Cc1c(S)cc(C=O)cc1N1CCN(C(=O)OCC2c3ccccc3-c3ccccc32)CC1. The number of benzene rings is 3. The highest BCUT2D eigenvalue weighted by molar-refractivity contribution is 7.80. The Balaban J connectivity index is 1.23. The van der Waals surface area contributed by atoms with Crippen LogP contribution in [0.3, 0.4) is 0 Å². The first-order chi connectivity index (χ1) is 16.1. The number of carbonyl (C=O) groups excluding carboxylic acids is 2. The molecule has 33 heavy (non-hydrogen) atoms. The summed E-state index contributed by atoms with van der Waals surface area (Å²) in [6, 6.07) is 20.4. The highest BCUT2D eigenvalue weighted by atomic mass is 32.1. The van der Waals surface area contributed by atoms with Crippen molar-refractivity contribution in [1.82, 2.24) is 4.90 Å². The Hall–Kier alpha value is -3.25. The standard InChI is InChI=1S/C27H26N2O3S/c1-18-25(14-19(16-30)15-26(18)33)28-10-12-29(13-11-28)27(31)32-17-24-22-8-4-2-6-20(22)21-7-3-5-9-23(21)24/h2-9,14-16,24,33H,10-13,17H2,1H3. The zero-order valence-corrected chi connectivity index (χ0v) is 19.4. The number of nitrogens with zero attached hydrogens (tertiary/aromatic N) is 2. The van der Waals surface area contributed by atoms with E-state index < -0.39 is 0 Å². The van der Waals surface area contributed by atoms with Crippen molar-refractivity contribution >= 4 is 30.7 Å². The van der Waals surface area contributed by atoms with Crippen LogP contribution in [0, 0.1) is 6.92 Å². The van der Waals surface area contributed by atoms with Gasteiger partial charge in [-0.15, -0.1) is 12.6 Å². The number of rotatable bonds is 4. The first kappa shape index (κ1) is 21.6. The maximum atomic E-state index is 12.9. The Bertz CT molecular complexity index is 1170. The van der Waals surface area contributed by atoms with E-state index in [1.165, 1.54) is 22.3 Å². The van der Waals surface area contributed by atoms with Crippen molar-refractivity contribution in [2.45, 2.75) is 17.7 Å². The molecule has 2 aliphatic rings. The minimum Gasteiger partial charge on any atom is -0.448 e. The van der Waals surface area contributed by atoms with Crippen LogP contribution >= 0.6 is 12.6 Å². The zero-order chi connectivity index (χ0) is 22.9. The summed E-state index contributed by atoms with van der Waals surface area (Å²) in [6.45, 7) is 4.84. The number of fused-ring (bicyclic) bond motifs is 3. The van der Waals surface area contributed by atoms with E-state index in [1.54, 1.807) is 11.0 Å². The lowest BCUT2D eigenvalue weighted by Crippen LogP contribution is -2.49. The fourth-order valence-electron chi connectivity index (χ4n) is 4.92. The van der Waals surface area contributed by atoms with Gasteiger partial charge in [-0.1, -0.05) is 48.5 Å². The first-order valence-corrected chi connectivity index (χ1v) is 11.6. The van der Waals surface area contributed by atoms with Gasteiger partial charge < -0.3 is 14.5 Å². The molecule has 0 atom stereocenters. The third-order valence-electron chi connectivity index (χ3n) is 6.73. The fraction of sp³-hybridized carbons (Fsp3) is 0.259. The minimum atomic E-state index is -0.273. The van der Waals surface area contributed by atoms with Crippen molar-refractivity contribution < 1.29 is 14.3 Å². The largest absolute Gasteiger partial charge is 0.448 e. The summed E-state index contributed by atoms with van der Waals surface area (Å²) in [7, 11) is 0. The van der Waals surface area contributed by atoms with Gasteiger partial charge >= 0.3 is 6.09 Å². The van der Waals surface area contributed by atoms with Gasteiger partial charge in [0.2, 0.25) is 0 Å². The Morgan fingerprint density at radius 3 is 2.21 bits per heavy atom. The average molecular weight is 459 g/mol. The summed E-state index contributed by atoms with van der Waals surface area (Å²) < 4.78 is 5.81. The summed E-state index contributed by atoms with van der Waals surface area (Å²) in [6.07, 6.45) is 0.569. The third kappa shape index (κ3) is 4.00. The second-order valence-corrected chi connectivity index (χ2v) is 9.06. The molecule has 0 bridgehead atoms. The maximum absolute atomic E-state index is 12.9. The molecule has 1 aliphatic carbocycles. The summed E-state index contributed by atoms with van der Waals surface area (Å²) >= 11 is 4.50. The van der Waals surface area contributed by atoms with E-state index in [0.29, 0.717) is 38.3 Å². The van der Waals surface area contributed by atoms with Crippen molar-refractivity contribution in [3.05, 3.63) is 82.9 Å². The van der Waals surface area contributed by atoms with Crippen molar-refractivity contribution in [2.75, 3.05) is 37.7 Å². The maximum Gasteiger partial charge on any atom is 0.409 e. The topological polar surface area (TPSA) is 49.9 Å². The average Bonchev–Trinajstić information content (AvgIpc) is 3.18. The molecule has 168 valence electrons. The molecule has 0 N–H and O–H groups in total. The molecule has 0 radical (unpaired) electrons. The highest BCUT2D eigenvalue weighted by Crippen LogP contribution is 2.44. The smallest absolute Gasteiger partial charge is 0.409 e. The number of aldehydes is 1. The molecule has 0 aromatic heterocycles. The summed E-state index contributed by atoms with van der Waals surface area (Å²) in [5.41, 5.74) is 7.52. The van der Waals surface area contributed by atoms with Crippen LogP contribution in [-0.4, -0.2) is 50.1 Å². The van der Waals surface area contributed by atoms with Gasteiger partial charge in [-0.05, 0) is 46.9 Å². The molecule has 6 heteroatoms. The van der Waals surface area contributed by atoms with E-state index in [2.05, 4.69) is 41.8 Å². The second kappa shape index (κ2) is 8.94. The molecule has 3 aromatic rings. The van der Waals surface area contributed by atoms with Crippen LogP contribution in [0.2, 0.25) is 0 Å². The van der Waals surface area contributed by atoms with Gasteiger partial charge in [0.15, 0.2) is 0 Å². The molecule has 1 amide bonds. The second-order valence-electron chi connectivity index (χ2n) is 8.58. The molecular formula is C27H26N2O3S. The molecular weight excluding hydrogens is 432 g/mol. The van der Waals surface area contributed by atoms with Crippen molar-refractivity contribution in [1.29, 1.82) is 0 Å². The summed E-state index contributed by atoms with van der Waals surface area (Å²) in [4.78, 5) is 28.9. The van der Waals surface area contributed by atoms with Crippen molar-refractivity contribution in [3.8, 4) is 11.1 Å². The van der Waals surface area contributed by atoms with Crippen LogP contribution in [0.15, 0.2) is 65.6 Å². The van der Waals surface area contributed by atoms with Crippen molar-refractivity contribution in [3.63, 3.8) is 0 Å². The monoisotopic (exact) mass is 458 g/mol. The van der Waals surface area contributed by atoms with Gasteiger partial charge in [0.05, 0.1) is 0 Å². The van der Waals surface area contributed by atoms with Gasteiger partial charge in [0, 0.05) is 48.2 Å². The number of thiol groups is 1. The molecule has 0 unspecified atom stereocenters.